The Balaban J connectivity index is 1.85. The quantitative estimate of drug-likeness (QED) is 0.503. The zero-order valence-corrected chi connectivity index (χ0v) is 14.7. The van der Waals surface area contributed by atoms with Gasteiger partial charge < -0.3 is 4.74 Å². The number of hydrogen-bond donors (Lipinski definition) is 1. The molecule has 0 aliphatic heterocycles. The monoisotopic (exact) mass is 402 g/mol. The van der Waals surface area contributed by atoms with E-state index in [1.54, 1.807) is 36.5 Å². The smallest absolute Gasteiger partial charge is 0.451 e. The molecule has 2 aromatic heterocycles. The van der Waals surface area contributed by atoms with Crippen molar-refractivity contribution in [3.8, 4) is 11.5 Å². The molecule has 0 atom stereocenters. The van der Waals surface area contributed by atoms with Gasteiger partial charge in [0.15, 0.2) is 11.5 Å². The number of aromatic nitrogens is 3. The summed E-state index contributed by atoms with van der Waals surface area (Å²) in [5, 5.41) is 2.73. The molecule has 0 spiro atoms. The van der Waals surface area contributed by atoms with Gasteiger partial charge in [0, 0.05) is 11.6 Å². The molecule has 2 heterocycles. The Labute approximate surface area is 162 Å². The number of fused-ring (bicyclic) bond motifs is 1. The molecule has 10 heteroatoms. The summed E-state index contributed by atoms with van der Waals surface area (Å²) >= 11 is 0. The Bertz CT molecular complexity index is 1070. The van der Waals surface area contributed by atoms with Crippen LogP contribution in [0.5, 0.6) is 11.5 Å². The minimum absolute atomic E-state index is 0.0307. The Morgan fingerprint density at radius 1 is 1.14 bits per heavy atom. The van der Waals surface area contributed by atoms with E-state index in [4.69, 9.17) is 4.74 Å². The molecule has 3 rings (SSSR count). The maximum Gasteiger partial charge on any atom is 0.451 e. The first-order valence-corrected chi connectivity index (χ1v) is 8.23. The van der Waals surface area contributed by atoms with Crippen molar-refractivity contribution in [3.63, 3.8) is 0 Å². The van der Waals surface area contributed by atoms with Crippen LogP contribution in [-0.2, 0) is 22.2 Å². The second-order valence-electron chi connectivity index (χ2n) is 5.70. The molecule has 2 amide bonds. The average molecular weight is 402 g/mol. The van der Waals surface area contributed by atoms with E-state index in [2.05, 4.69) is 15.0 Å². The lowest BCUT2D eigenvalue weighted by molar-refractivity contribution is -0.145. The molecule has 1 aromatic carbocycles. The SMILES string of the molecule is O=CNC(=O)C=CCc1ccc(Oc2cnc(C(F)(F)F)nc2)c2ncccc12. The number of halogens is 3. The summed E-state index contributed by atoms with van der Waals surface area (Å²) in [6, 6.07) is 6.88. The number of benzene rings is 1. The van der Waals surface area contributed by atoms with Crippen molar-refractivity contribution in [2.45, 2.75) is 12.6 Å². The number of rotatable bonds is 6. The van der Waals surface area contributed by atoms with Gasteiger partial charge in [0.2, 0.25) is 18.1 Å². The second kappa shape index (κ2) is 8.46. The Kier molecular flexibility index (Phi) is 5.82. The highest BCUT2D eigenvalue weighted by atomic mass is 19.4. The number of carbonyl (C=O) groups is 2. The second-order valence-corrected chi connectivity index (χ2v) is 5.70. The Hall–Kier alpha value is -3.82. The van der Waals surface area contributed by atoms with Gasteiger partial charge in [-0.15, -0.1) is 0 Å². The van der Waals surface area contributed by atoms with E-state index >= 15 is 0 Å². The normalized spacial score (nSPS) is 11.6. The molecule has 29 heavy (non-hydrogen) atoms. The first-order valence-electron chi connectivity index (χ1n) is 8.23. The number of hydrogen-bond acceptors (Lipinski definition) is 6. The highest BCUT2D eigenvalue weighted by molar-refractivity contribution is 5.94. The Morgan fingerprint density at radius 2 is 1.90 bits per heavy atom. The largest absolute Gasteiger partial charge is 0.452 e. The standard InChI is InChI=1S/C19H13F3N4O3/c20-19(21,22)18-24-9-13(10-25-18)29-15-7-6-12(3-1-5-16(28)26-11-27)14-4-2-8-23-17(14)15/h1-2,4-11H,3H2,(H,26,27,28). The Morgan fingerprint density at radius 3 is 2.59 bits per heavy atom. The molecule has 0 radical (unpaired) electrons. The molecule has 0 bridgehead atoms. The summed E-state index contributed by atoms with van der Waals surface area (Å²) in [5.41, 5.74) is 1.31. The molecule has 0 aliphatic carbocycles. The fraction of sp³-hybridized carbons (Fsp3) is 0.105. The maximum absolute atomic E-state index is 12.6. The van der Waals surface area contributed by atoms with Gasteiger partial charge in [-0.2, -0.15) is 13.2 Å². The van der Waals surface area contributed by atoms with Crippen LogP contribution in [0.25, 0.3) is 10.9 Å². The van der Waals surface area contributed by atoms with Gasteiger partial charge in [-0.3, -0.25) is 19.9 Å². The van der Waals surface area contributed by atoms with Crippen molar-refractivity contribution in [3.05, 3.63) is 66.4 Å². The summed E-state index contributed by atoms with van der Waals surface area (Å²) in [4.78, 5) is 32.3. The number of nitrogens with zero attached hydrogens (tertiary/aromatic N) is 3. The maximum atomic E-state index is 12.6. The molecular weight excluding hydrogens is 389 g/mol. The zero-order chi connectivity index (χ0) is 20.9. The van der Waals surface area contributed by atoms with Crippen molar-refractivity contribution < 1.29 is 27.5 Å². The van der Waals surface area contributed by atoms with E-state index in [9.17, 15) is 22.8 Å². The third kappa shape index (κ3) is 4.92. The molecule has 0 aliphatic rings. The van der Waals surface area contributed by atoms with Crippen LogP contribution < -0.4 is 10.1 Å². The lowest BCUT2D eigenvalue weighted by Gasteiger charge is -2.11. The average Bonchev–Trinajstić information content (AvgIpc) is 2.69. The number of carbonyl (C=O) groups excluding carboxylic acids is 2. The molecule has 0 unspecified atom stereocenters. The van der Waals surface area contributed by atoms with E-state index in [1.165, 1.54) is 6.08 Å². The van der Waals surface area contributed by atoms with Crippen molar-refractivity contribution in [1.82, 2.24) is 20.3 Å². The van der Waals surface area contributed by atoms with Crippen molar-refractivity contribution in [2.75, 3.05) is 0 Å². The molecule has 3 aromatic rings. The first-order chi connectivity index (χ1) is 13.9. The lowest BCUT2D eigenvalue weighted by Crippen LogP contribution is -2.18. The molecule has 0 saturated heterocycles. The van der Waals surface area contributed by atoms with E-state index < -0.39 is 17.9 Å². The summed E-state index contributed by atoms with van der Waals surface area (Å²) in [7, 11) is 0. The van der Waals surface area contributed by atoms with E-state index in [-0.39, 0.29) is 5.75 Å². The fourth-order valence-corrected chi connectivity index (χ4v) is 2.51. The number of imide groups is 1. The van der Waals surface area contributed by atoms with Crippen LogP contribution in [0, 0.1) is 0 Å². The summed E-state index contributed by atoms with van der Waals surface area (Å²) in [6.07, 6.45) is 2.30. The van der Waals surface area contributed by atoms with Gasteiger partial charge in [-0.05, 0) is 30.2 Å². The van der Waals surface area contributed by atoms with Gasteiger partial charge in [-0.1, -0.05) is 18.2 Å². The molecule has 0 saturated carbocycles. The van der Waals surface area contributed by atoms with E-state index in [0.717, 1.165) is 23.3 Å². The summed E-state index contributed by atoms with van der Waals surface area (Å²) in [6.45, 7) is 0. The topological polar surface area (TPSA) is 94.1 Å². The number of ether oxygens (including phenoxy) is 1. The summed E-state index contributed by atoms with van der Waals surface area (Å²) in [5.74, 6) is -1.45. The molecule has 7 nitrogen and oxygen atoms in total. The first kappa shape index (κ1) is 19.9. The predicted molar refractivity (Wildman–Crippen MR) is 95.9 cm³/mol. The third-order valence-electron chi connectivity index (χ3n) is 3.74. The van der Waals surface area contributed by atoms with Crippen LogP contribution in [0.3, 0.4) is 0 Å². The van der Waals surface area contributed by atoms with Gasteiger partial charge in [0.1, 0.15) is 5.52 Å². The van der Waals surface area contributed by atoms with Crippen LogP contribution in [0.1, 0.15) is 11.4 Å². The van der Waals surface area contributed by atoms with Crippen LogP contribution in [0.15, 0.2) is 55.0 Å². The molecule has 0 fully saturated rings. The van der Waals surface area contributed by atoms with Crippen molar-refractivity contribution in [1.29, 1.82) is 0 Å². The van der Waals surface area contributed by atoms with Gasteiger partial charge >= 0.3 is 6.18 Å². The van der Waals surface area contributed by atoms with Crippen LogP contribution in [-0.4, -0.2) is 27.3 Å². The number of pyridine rings is 1. The minimum atomic E-state index is -4.63. The van der Waals surface area contributed by atoms with Gasteiger partial charge in [-0.25, -0.2) is 9.97 Å². The van der Waals surface area contributed by atoms with Crippen molar-refractivity contribution >= 4 is 23.2 Å². The highest BCUT2D eigenvalue weighted by Gasteiger charge is 2.34. The number of nitrogens with one attached hydrogen (secondary N) is 1. The minimum Gasteiger partial charge on any atom is -0.452 e. The predicted octanol–water partition coefficient (Wildman–Crippen LogP) is 3.21. The van der Waals surface area contributed by atoms with Crippen LogP contribution in [0.4, 0.5) is 13.2 Å². The molecule has 1 N–H and O–H groups in total. The van der Waals surface area contributed by atoms with Gasteiger partial charge in [0.25, 0.3) is 0 Å². The molecular formula is C19H13F3N4O3. The number of amides is 2. The van der Waals surface area contributed by atoms with Gasteiger partial charge in [0.05, 0.1) is 12.4 Å². The van der Waals surface area contributed by atoms with Crippen molar-refractivity contribution in [2.24, 2.45) is 0 Å². The van der Waals surface area contributed by atoms with Crippen LogP contribution >= 0.6 is 0 Å². The van der Waals surface area contributed by atoms with E-state index in [0.29, 0.717) is 24.1 Å². The zero-order valence-electron chi connectivity index (χ0n) is 14.7. The van der Waals surface area contributed by atoms with E-state index in [1.807, 2.05) is 5.32 Å². The fourth-order valence-electron chi connectivity index (χ4n) is 2.51. The number of allylic oxidation sites excluding steroid dienone is 1. The molecule has 148 valence electrons. The lowest BCUT2D eigenvalue weighted by atomic mass is 10.0. The summed E-state index contributed by atoms with van der Waals surface area (Å²) < 4.78 is 43.3. The van der Waals surface area contributed by atoms with Crippen LogP contribution in [0.2, 0.25) is 0 Å². The highest BCUT2D eigenvalue weighted by Crippen LogP contribution is 2.31. The third-order valence-corrected chi connectivity index (χ3v) is 3.74. The number of alkyl halides is 3.